The average Bonchev–Trinajstić information content (AvgIpc) is 2.89. The molecule has 7 nitrogen and oxygen atoms in total. The van der Waals surface area contributed by atoms with Gasteiger partial charge in [-0.15, -0.1) is 0 Å². The first-order valence-electron chi connectivity index (χ1n) is 7.29. The largest absolute Gasteiger partial charge is 0.329 e. The number of nitrogens with one attached hydrogen (secondary N) is 1. The lowest BCUT2D eigenvalue weighted by molar-refractivity contribution is -0.114. The highest BCUT2D eigenvalue weighted by atomic mass is 16.2. The molecular formula is C16H17N5O2. The topological polar surface area (TPSA) is 78.4 Å². The fourth-order valence-electron chi connectivity index (χ4n) is 2.57. The van der Waals surface area contributed by atoms with Gasteiger partial charge in [-0.1, -0.05) is 0 Å². The first kappa shape index (κ1) is 15.0. The van der Waals surface area contributed by atoms with Crippen molar-refractivity contribution in [2.75, 3.05) is 28.2 Å². The Morgan fingerprint density at radius 2 is 2.00 bits per heavy atom. The van der Waals surface area contributed by atoms with E-state index in [0.29, 0.717) is 24.6 Å². The molecule has 2 aromatic heterocycles. The number of aromatic nitrogens is 2. The van der Waals surface area contributed by atoms with Gasteiger partial charge in [-0.2, -0.15) is 0 Å². The zero-order valence-corrected chi connectivity index (χ0v) is 13.0. The van der Waals surface area contributed by atoms with Crippen molar-refractivity contribution < 1.29 is 9.59 Å². The van der Waals surface area contributed by atoms with Crippen molar-refractivity contribution >= 4 is 29.1 Å². The summed E-state index contributed by atoms with van der Waals surface area (Å²) in [7, 11) is 0. The Balaban J connectivity index is 1.85. The van der Waals surface area contributed by atoms with E-state index in [0.717, 1.165) is 11.3 Å². The van der Waals surface area contributed by atoms with E-state index in [-0.39, 0.29) is 11.9 Å². The van der Waals surface area contributed by atoms with Gasteiger partial charge in [0.25, 0.3) is 0 Å². The van der Waals surface area contributed by atoms with Crippen LogP contribution in [-0.4, -0.2) is 35.0 Å². The van der Waals surface area contributed by atoms with Crippen molar-refractivity contribution in [3.63, 3.8) is 0 Å². The maximum atomic E-state index is 12.7. The summed E-state index contributed by atoms with van der Waals surface area (Å²) in [6, 6.07) is 5.22. The summed E-state index contributed by atoms with van der Waals surface area (Å²) in [4.78, 5) is 35.4. The Morgan fingerprint density at radius 1 is 1.22 bits per heavy atom. The summed E-state index contributed by atoms with van der Waals surface area (Å²) in [6.45, 7) is 4.52. The van der Waals surface area contributed by atoms with Crippen molar-refractivity contribution in [3.05, 3.63) is 42.4 Å². The molecule has 3 rings (SSSR count). The molecule has 0 aromatic carbocycles. The maximum absolute atomic E-state index is 12.7. The van der Waals surface area contributed by atoms with E-state index in [9.17, 15) is 9.59 Å². The van der Waals surface area contributed by atoms with E-state index in [4.69, 9.17) is 0 Å². The summed E-state index contributed by atoms with van der Waals surface area (Å²) in [5.74, 6) is 0.230. The lowest BCUT2D eigenvalue weighted by Gasteiger charge is -2.20. The average molecular weight is 311 g/mol. The van der Waals surface area contributed by atoms with E-state index in [1.165, 1.54) is 6.92 Å². The molecule has 7 heteroatoms. The van der Waals surface area contributed by atoms with Crippen molar-refractivity contribution in [1.29, 1.82) is 0 Å². The van der Waals surface area contributed by atoms with Gasteiger partial charge in [-0.3, -0.25) is 19.6 Å². The molecule has 3 heterocycles. The Hall–Kier alpha value is -2.96. The van der Waals surface area contributed by atoms with Gasteiger partial charge in [0.1, 0.15) is 5.82 Å². The van der Waals surface area contributed by atoms with E-state index in [1.807, 2.05) is 13.0 Å². The molecule has 1 saturated heterocycles. The number of amides is 3. The van der Waals surface area contributed by atoms with Crippen molar-refractivity contribution in [3.8, 4) is 0 Å². The van der Waals surface area contributed by atoms with Gasteiger partial charge >= 0.3 is 6.03 Å². The van der Waals surface area contributed by atoms with Crippen LogP contribution in [-0.2, 0) is 4.79 Å². The van der Waals surface area contributed by atoms with Crippen LogP contribution in [0.2, 0.25) is 0 Å². The lowest BCUT2D eigenvalue weighted by atomic mass is 10.2. The molecule has 1 N–H and O–H groups in total. The second kappa shape index (κ2) is 6.04. The number of aryl methyl sites for hydroxylation is 1. The second-order valence-corrected chi connectivity index (χ2v) is 5.33. The fraction of sp³-hybridized carbons (Fsp3) is 0.250. The molecular weight excluding hydrogens is 294 g/mol. The molecule has 1 aliphatic heterocycles. The summed E-state index contributed by atoms with van der Waals surface area (Å²) in [5.41, 5.74) is 2.53. The minimum absolute atomic E-state index is 0.110. The zero-order chi connectivity index (χ0) is 16.4. The predicted molar refractivity (Wildman–Crippen MR) is 87.6 cm³/mol. The summed E-state index contributed by atoms with van der Waals surface area (Å²) in [5, 5.41) is 2.62. The quantitative estimate of drug-likeness (QED) is 0.942. The molecule has 3 amide bonds. The molecule has 23 heavy (non-hydrogen) atoms. The molecule has 0 aliphatic carbocycles. The van der Waals surface area contributed by atoms with Crippen LogP contribution < -0.4 is 15.1 Å². The number of pyridine rings is 2. The van der Waals surface area contributed by atoms with Gasteiger partial charge in [0.2, 0.25) is 5.91 Å². The van der Waals surface area contributed by atoms with Crippen molar-refractivity contribution in [2.24, 2.45) is 0 Å². The Kier molecular flexibility index (Phi) is 3.92. The van der Waals surface area contributed by atoms with Crippen LogP contribution in [0, 0.1) is 6.92 Å². The van der Waals surface area contributed by atoms with Crippen LogP contribution in [0.15, 0.2) is 36.8 Å². The normalized spacial score (nSPS) is 14.3. The third-order valence-corrected chi connectivity index (χ3v) is 3.67. The fourth-order valence-corrected chi connectivity index (χ4v) is 2.57. The van der Waals surface area contributed by atoms with Crippen LogP contribution in [0.3, 0.4) is 0 Å². The third kappa shape index (κ3) is 2.98. The van der Waals surface area contributed by atoms with Crippen LogP contribution in [0.25, 0.3) is 0 Å². The minimum atomic E-state index is -0.199. The zero-order valence-electron chi connectivity index (χ0n) is 13.0. The first-order valence-corrected chi connectivity index (χ1v) is 7.29. The predicted octanol–water partition coefficient (Wildman–Crippen LogP) is 2.19. The van der Waals surface area contributed by atoms with Gasteiger partial charge < -0.3 is 5.32 Å². The van der Waals surface area contributed by atoms with Crippen LogP contribution in [0.4, 0.5) is 22.0 Å². The number of carbonyl (C=O) groups excluding carboxylic acids is 2. The standard InChI is InChI=1S/C16H17N5O2/c1-11-3-5-17-10-14(11)21-8-7-20(16(21)23)13-4-6-18-15(9-13)19-12(2)22/h3-6,9-10H,7-8H2,1-2H3,(H,18,19,22). The Bertz CT molecular complexity index is 762. The highest BCUT2D eigenvalue weighted by Gasteiger charge is 2.31. The molecule has 0 spiro atoms. The summed E-state index contributed by atoms with van der Waals surface area (Å²) >= 11 is 0. The van der Waals surface area contributed by atoms with Crippen molar-refractivity contribution in [1.82, 2.24) is 9.97 Å². The van der Waals surface area contributed by atoms with Gasteiger partial charge in [0, 0.05) is 38.5 Å². The maximum Gasteiger partial charge on any atom is 0.329 e. The lowest BCUT2D eigenvalue weighted by Crippen LogP contribution is -2.32. The van der Waals surface area contributed by atoms with E-state index in [1.54, 1.807) is 40.5 Å². The van der Waals surface area contributed by atoms with E-state index in [2.05, 4.69) is 15.3 Å². The molecule has 0 atom stereocenters. The number of carbonyl (C=O) groups is 2. The molecule has 0 saturated carbocycles. The minimum Gasteiger partial charge on any atom is -0.311 e. The van der Waals surface area contributed by atoms with Crippen LogP contribution in [0.5, 0.6) is 0 Å². The molecule has 1 aliphatic rings. The van der Waals surface area contributed by atoms with E-state index >= 15 is 0 Å². The molecule has 0 unspecified atom stereocenters. The number of rotatable bonds is 3. The highest BCUT2D eigenvalue weighted by molar-refractivity contribution is 6.06. The number of urea groups is 1. The molecule has 118 valence electrons. The van der Waals surface area contributed by atoms with Gasteiger partial charge in [-0.25, -0.2) is 9.78 Å². The smallest absolute Gasteiger partial charge is 0.311 e. The Morgan fingerprint density at radius 3 is 2.74 bits per heavy atom. The highest BCUT2D eigenvalue weighted by Crippen LogP contribution is 2.27. The number of hydrogen-bond donors (Lipinski definition) is 1. The number of anilines is 3. The van der Waals surface area contributed by atoms with Gasteiger partial charge in [-0.05, 0) is 24.6 Å². The summed E-state index contributed by atoms with van der Waals surface area (Å²) in [6.07, 6.45) is 4.98. The van der Waals surface area contributed by atoms with Crippen LogP contribution in [0.1, 0.15) is 12.5 Å². The number of nitrogens with zero attached hydrogens (tertiary/aromatic N) is 4. The molecule has 2 aromatic rings. The van der Waals surface area contributed by atoms with E-state index < -0.39 is 0 Å². The number of hydrogen-bond acceptors (Lipinski definition) is 4. The Labute approximate surface area is 134 Å². The molecule has 1 fully saturated rings. The molecule has 0 radical (unpaired) electrons. The second-order valence-electron chi connectivity index (χ2n) is 5.33. The SMILES string of the molecule is CC(=O)Nc1cc(N2CCN(c3cnccc3C)C2=O)ccn1. The molecule has 0 bridgehead atoms. The van der Waals surface area contributed by atoms with Crippen LogP contribution >= 0.6 is 0 Å². The monoisotopic (exact) mass is 311 g/mol. The van der Waals surface area contributed by atoms with Crippen molar-refractivity contribution in [2.45, 2.75) is 13.8 Å². The first-order chi connectivity index (χ1) is 11.1. The summed E-state index contributed by atoms with van der Waals surface area (Å²) < 4.78 is 0. The van der Waals surface area contributed by atoms with Gasteiger partial charge in [0.15, 0.2) is 0 Å². The van der Waals surface area contributed by atoms with Gasteiger partial charge in [0.05, 0.1) is 17.6 Å². The third-order valence-electron chi connectivity index (χ3n) is 3.67.